The molecule has 6 heteroatoms. The lowest BCUT2D eigenvalue weighted by Crippen LogP contribution is -2.05. The fourth-order valence-electron chi connectivity index (χ4n) is 2.98. The summed E-state index contributed by atoms with van der Waals surface area (Å²) in [5.74, 6) is 0.0989. The molecular weight excluding hydrogens is 415 g/mol. The number of carbonyl (C=O) groups excluding carboxylic acids is 1. The highest BCUT2D eigenvalue weighted by Crippen LogP contribution is 2.31. The third kappa shape index (κ3) is 3.63. The van der Waals surface area contributed by atoms with Gasteiger partial charge in [-0.2, -0.15) is 0 Å². The van der Waals surface area contributed by atoms with Crippen LogP contribution in [0, 0.1) is 0 Å². The Morgan fingerprint density at radius 2 is 1.61 bits per heavy atom. The second kappa shape index (κ2) is 7.92. The maximum atomic E-state index is 13.0. The molecule has 140 valence electrons. The minimum atomic E-state index is -1.43. The summed E-state index contributed by atoms with van der Waals surface area (Å²) in [5, 5.41) is 1.51. The molecule has 0 aliphatic heterocycles. The number of benzene rings is 3. The molecule has 0 amide bonds. The maximum absolute atomic E-state index is 13.0. The first-order chi connectivity index (χ1) is 13.5. The van der Waals surface area contributed by atoms with Crippen LogP contribution in [-0.2, 0) is 16.6 Å². The van der Waals surface area contributed by atoms with Crippen LogP contribution >= 0.6 is 23.2 Å². The van der Waals surface area contributed by atoms with Gasteiger partial charge in [0, 0.05) is 21.4 Å². The van der Waals surface area contributed by atoms with Gasteiger partial charge in [-0.25, -0.2) is 0 Å². The van der Waals surface area contributed by atoms with E-state index in [2.05, 4.69) is 0 Å². The van der Waals surface area contributed by atoms with Crippen LogP contribution in [0.1, 0.15) is 21.7 Å². The zero-order valence-electron chi connectivity index (χ0n) is 14.5. The molecule has 1 atom stereocenters. The third-order valence-corrected chi connectivity index (χ3v) is 6.44. The monoisotopic (exact) mass is 428 g/mol. The third-order valence-electron chi connectivity index (χ3n) is 4.37. The van der Waals surface area contributed by atoms with Gasteiger partial charge < -0.3 is 4.42 Å². The average molecular weight is 429 g/mol. The zero-order chi connectivity index (χ0) is 19.7. The molecule has 0 fully saturated rings. The van der Waals surface area contributed by atoms with Crippen molar-refractivity contribution < 1.29 is 13.4 Å². The van der Waals surface area contributed by atoms with E-state index < -0.39 is 10.8 Å². The van der Waals surface area contributed by atoms with Gasteiger partial charge in [-0.05, 0) is 24.3 Å². The predicted octanol–water partition coefficient (Wildman–Crippen LogP) is 6.28. The van der Waals surface area contributed by atoms with Gasteiger partial charge in [0.05, 0.1) is 26.6 Å². The van der Waals surface area contributed by atoms with Gasteiger partial charge in [-0.15, -0.1) is 0 Å². The lowest BCUT2D eigenvalue weighted by molar-refractivity contribution is 0.101. The summed E-state index contributed by atoms with van der Waals surface area (Å²) in [5.41, 5.74) is 1.72. The molecule has 3 aromatic carbocycles. The molecule has 0 saturated carbocycles. The highest BCUT2D eigenvalue weighted by molar-refractivity contribution is 7.84. The summed E-state index contributed by atoms with van der Waals surface area (Å²) in [6, 6.07) is 21.1. The molecule has 0 spiro atoms. The average Bonchev–Trinajstić information content (AvgIpc) is 3.08. The number of halogens is 2. The number of carbonyl (C=O) groups is 1. The van der Waals surface area contributed by atoms with Crippen molar-refractivity contribution in [2.24, 2.45) is 0 Å². The summed E-state index contributed by atoms with van der Waals surface area (Å²) >= 11 is 12.0. The van der Waals surface area contributed by atoms with Gasteiger partial charge in [-0.3, -0.25) is 9.00 Å². The number of fused-ring (bicyclic) bond motifs is 1. The number of para-hydroxylation sites is 1. The number of hydrogen-bond acceptors (Lipinski definition) is 3. The summed E-state index contributed by atoms with van der Waals surface area (Å²) < 4.78 is 18.9. The van der Waals surface area contributed by atoms with Crippen molar-refractivity contribution in [3.63, 3.8) is 0 Å². The summed E-state index contributed by atoms with van der Waals surface area (Å²) in [4.78, 5) is 13.6. The van der Waals surface area contributed by atoms with Gasteiger partial charge in [0.1, 0.15) is 5.58 Å². The van der Waals surface area contributed by atoms with Crippen LogP contribution in [0.2, 0.25) is 10.0 Å². The number of rotatable bonds is 5. The topological polar surface area (TPSA) is 47.3 Å². The Kier molecular flexibility index (Phi) is 5.36. The second-order valence-electron chi connectivity index (χ2n) is 6.17. The van der Waals surface area contributed by atoms with E-state index >= 15 is 0 Å². The first kappa shape index (κ1) is 18.9. The minimum Gasteiger partial charge on any atom is -0.452 e. The Labute approximate surface area is 174 Å². The molecule has 0 saturated heterocycles. The van der Waals surface area contributed by atoms with E-state index in [-0.39, 0.29) is 17.3 Å². The number of ketones is 1. The van der Waals surface area contributed by atoms with Crippen LogP contribution in [0.5, 0.6) is 0 Å². The van der Waals surface area contributed by atoms with E-state index in [1.807, 2.05) is 24.3 Å². The zero-order valence-corrected chi connectivity index (χ0v) is 16.9. The van der Waals surface area contributed by atoms with E-state index in [0.717, 1.165) is 5.39 Å². The smallest absolute Gasteiger partial charge is 0.228 e. The molecule has 0 aliphatic carbocycles. The molecule has 0 radical (unpaired) electrons. The van der Waals surface area contributed by atoms with Gasteiger partial charge >= 0.3 is 0 Å². The minimum absolute atomic E-state index is 0.128. The Hall–Kier alpha value is -2.40. The van der Waals surface area contributed by atoms with Crippen molar-refractivity contribution in [2.45, 2.75) is 10.6 Å². The molecule has 0 bridgehead atoms. The van der Waals surface area contributed by atoms with Crippen LogP contribution in [-0.4, -0.2) is 9.99 Å². The first-order valence-corrected chi connectivity index (χ1v) is 10.6. The molecule has 3 nitrogen and oxygen atoms in total. The van der Waals surface area contributed by atoms with E-state index in [4.69, 9.17) is 27.6 Å². The van der Waals surface area contributed by atoms with Crippen molar-refractivity contribution in [1.29, 1.82) is 0 Å². The highest BCUT2D eigenvalue weighted by atomic mass is 35.5. The van der Waals surface area contributed by atoms with Gasteiger partial charge in [-0.1, -0.05) is 71.7 Å². The van der Waals surface area contributed by atoms with Crippen molar-refractivity contribution in [2.75, 3.05) is 0 Å². The van der Waals surface area contributed by atoms with E-state index in [1.54, 1.807) is 48.5 Å². The van der Waals surface area contributed by atoms with Gasteiger partial charge in [0.25, 0.3) is 0 Å². The summed E-state index contributed by atoms with van der Waals surface area (Å²) in [7, 11) is -1.43. The SMILES string of the molecule is O=C(c1ccccc1)c1oc2ccccc2c1C[S@@](=O)c1ccc(Cl)c(Cl)c1. The maximum Gasteiger partial charge on any atom is 0.228 e. The van der Waals surface area contributed by atoms with Crippen molar-refractivity contribution in [3.8, 4) is 0 Å². The quantitative estimate of drug-likeness (QED) is 0.351. The standard InChI is InChI=1S/C22H14Cl2O3S/c23-18-11-10-15(12-19(18)24)28(26)13-17-16-8-4-5-9-20(16)27-22(17)21(25)14-6-2-1-3-7-14/h1-12H,13H2/t28-/m1/s1. The normalized spacial score (nSPS) is 12.2. The molecule has 4 rings (SSSR count). The Morgan fingerprint density at radius 1 is 0.893 bits per heavy atom. The predicted molar refractivity (Wildman–Crippen MR) is 113 cm³/mol. The van der Waals surface area contributed by atoms with Crippen LogP contribution in [0.15, 0.2) is 82.1 Å². The number of hydrogen-bond donors (Lipinski definition) is 0. The molecule has 0 N–H and O–H groups in total. The molecule has 1 aromatic heterocycles. The molecular formula is C22H14Cl2O3S. The Bertz CT molecular complexity index is 1200. The van der Waals surface area contributed by atoms with Crippen molar-refractivity contribution >= 4 is 50.8 Å². The van der Waals surface area contributed by atoms with Crippen molar-refractivity contribution in [3.05, 3.63) is 99.7 Å². The van der Waals surface area contributed by atoms with E-state index in [0.29, 0.717) is 31.7 Å². The van der Waals surface area contributed by atoms with Crippen LogP contribution < -0.4 is 0 Å². The second-order valence-corrected chi connectivity index (χ2v) is 8.43. The first-order valence-electron chi connectivity index (χ1n) is 8.48. The van der Waals surface area contributed by atoms with Crippen LogP contribution in [0.25, 0.3) is 11.0 Å². The Balaban J connectivity index is 1.78. The molecule has 28 heavy (non-hydrogen) atoms. The van der Waals surface area contributed by atoms with E-state index in [9.17, 15) is 9.00 Å². The summed E-state index contributed by atoms with van der Waals surface area (Å²) in [6.07, 6.45) is 0. The fourth-order valence-corrected chi connectivity index (χ4v) is 4.53. The lowest BCUT2D eigenvalue weighted by atomic mass is 10.0. The van der Waals surface area contributed by atoms with Crippen molar-refractivity contribution in [1.82, 2.24) is 0 Å². The summed E-state index contributed by atoms with van der Waals surface area (Å²) in [6.45, 7) is 0. The van der Waals surface area contributed by atoms with Gasteiger partial charge in [0.15, 0.2) is 5.76 Å². The number of furan rings is 1. The van der Waals surface area contributed by atoms with Crippen LogP contribution in [0.4, 0.5) is 0 Å². The van der Waals surface area contributed by atoms with Gasteiger partial charge in [0.2, 0.25) is 5.78 Å². The largest absolute Gasteiger partial charge is 0.452 e. The molecule has 0 aliphatic rings. The lowest BCUT2D eigenvalue weighted by Gasteiger charge is -2.05. The molecule has 0 unspecified atom stereocenters. The Morgan fingerprint density at radius 3 is 2.36 bits per heavy atom. The molecule has 1 heterocycles. The highest BCUT2D eigenvalue weighted by Gasteiger charge is 2.23. The molecule has 4 aromatic rings. The van der Waals surface area contributed by atoms with E-state index in [1.165, 1.54) is 0 Å². The fraction of sp³-hybridized carbons (Fsp3) is 0.0455. The van der Waals surface area contributed by atoms with Crippen LogP contribution in [0.3, 0.4) is 0 Å².